The zero-order valence-corrected chi connectivity index (χ0v) is 15.3. The maximum atomic E-state index is 10.3. The second-order valence-electron chi connectivity index (χ2n) is 7.56. The van der Waals surface area contributed by atoms with Gasteiger partial charge in [-0.3, -0.25) is 0 Å². The van der Waals surface area contributed by atoms with Crippen LogP contribution in [0.15, 0.2) is 0 Å². The molecule has 0 amide bonds. The van der Waals surface area contributed by atoms with Gasteiger partial charge in [-0.25, -0.2) is 0 Å². The predicted molar refractivity (Wildman–Crippen MR) is 83.2 cm³/mol. The van der Waals surface area contributed by atoms with Gasteiger partial charge in [0.05, 0.1) is 18.8 Å². The fourth-order valence-electron chi connectivity index (χ4n) is 2.25. The first-order valence-corrected chi connectivity index (χ1v) is 10.4. The van der Waals surface area contributed by atoms with Crippen LogP contribution in [0, 0.1) is 11.8 Å². The zero-order chi connectivity index (χ0) is 15.7. The Labute approximate surface area is 124 Å². The SMILES string of the molecule is CO[C@H]1O[C@H](CO[Si](C)(C)C(C)(C)C)[C@H](C)[C@@H](O)[C@@H]1C. The average molecular weight is 305 g/mol. The van der Waals surface area contributed by atoms with Crippen molar-refractivity contribution in [1.29, 1.82) is 0 Å². The van der Waals surface area contributed by atoms with Gasteiger partial charge >= 0.3 is 0 Å². The highest BCUT2D eigenvalue weighted by atomic mass is 28.4. The first-order valence-electron chi connectivity index (χ1n) is 7.51. The van der Waals surface area contributed by atoms with E-state index in [0.717, 1.165) is 0 Å². The Balaban J connectivity index is 2.68. The summed E-state index contributed by atoms with van der Waals surface area (Å²) in [4.78, 5) is 0. The molecule has 4 nitrogen and oxygen atoms in total. The molecule has 1 aliphatic rings. The monoisotopic (exact) mass is 304 g/mol. The summed E-state index contributed by atoms with van der Waals surface area (Å²) in [6.07, 6.45) is -0.879. The molecule has 5 heteroatoms. The fraction of sp³-hybridized carbons (Fsp3) is 1.00. The lowest BCUT2D eigenvalue weighted by molar-refractivity contribution is -0.257. The number of rotatable bonds is 4. The van der Waals surface area contributed by atoms with Crippen LogP contribution in [0.2, 0.25) is 18.1 Å². The number of ether oxygens (including phenoxy) is 2. The van der Waals surface area contributed by atoms with Crippen molar-refractivity contribution in [3.05, 3.63) is 0 Å². The van der Waals surface area contributed by atoms with Crippen molar-refractivity contribution >= 4 is 8.32 Å². The molecule has 0 saturated carbocycles. The Kier molecular flexibility index (Phi) is 5.83. The van der Waals surface area contributed by atoms with Gasteiger partial charge in [0.25, 0.3) is 0 Å². The maximum absolute atomic E-state index is 10.3. The van der Waals surface area contributed by atoms with Gasteiger partial charge in [0.15, 0.2) is 14.6 Å². The second kappa shape index (κ2) is 6.44. The summed E-state index contributed by atoms with van der Waals surface area (Å²) in [6.45, 7) is 15.6. The predicted octanol–water partition coefficient (Wildman–Crippen LogP) is 3.01. The third-order valence-electron chi connectivity index (χ3n) is 5.05. The Morgan fingerprint density at radius 3 is 2.15 bits per heavy atom. The van der Waals surface area contributed by atoms with Crippen molar-refractivity contribution < 1.29 is 19.0 Å². The average Bonchev–Trinajstić information content (AvgIpc) is 2.34. The largest absolute Gasteiger partial charge is 0.414 e. The molecule has 1 aliphatic heterocycles. The van der Waals surface area contributed by atoms with Crippen molar-refractivity contribution in [2.45, 2.75) is 71.2 Å². The van der Waals surface area contributed by atoms with E-state index < -0.39 is 14.4 Å². The number of hydrogen-bond donors (Lipinski definition) is 1. The Hall–Kier alpha value is 0.0569. The van der Waals surface area contributed by atoms with Gasteiger partial charge in [0, 0.05) is 18.9 Å². The number of hydrogen-bond acceptors (Lipinski definition) is 4. The summed E-state index contributed by atoms with van der Waals surface area (Å²) >= 11 is 0. The van der Waals surface area contributed by atoms with Crippen molar-refractivity contribution in [2.75, 3.05) is 13.7 Å². The summed E-state index contributed by atoms with van der Waals surface area (Å²) in [5.41, 5.74) is 0. The van der Waals surface area contributed by atoms with Crippen molar-refractivity contribution in [3.63, 3.8) is 0 Å². The van der Waals surface area contributed by atoms with E-state index in [4.69, 9.17) is 13.9 Å². The second-order valence-corrected chi connectivity index (χ2v) is 12.4. The van der Waals surface area contributed by atoms with Crippen LogP contribution in [0.3, 0.4) is 0 Å². The van der Waals surface area contributed by atoms with Crippen LogP contribution in [-0.2, 0) is 13.9 Å². The molecule has 5 atom stereocenters. The minimum Gasteiger partial charge on any atom is -0.414 e. The van der Waals surface area contributed by atoms with Gasteiger partial charge in [0.2, 0.25) is 0 Å². The lowest BCUT2D eigenvalue weighted by Crippen LogP contribution is -2.53. The molecule has 0 unspecified atom stereocenters. The summed E-state index contributed by atoms with van der Waals surface area (Å²) in [5.74, 6) is 0.0419. The number of aliphatic hydroxyl groups is 1. The molecule has 0 aromatic heterocycles. The maximum Gasteiger partial charge on any atom is 0.192 e. The van der Waals surface area contributed by atoms with Crippen molar-refractivity contribution in [1.82, 2.24) is 0 Å². The van der Waals surface area contributed by atoms with Gasteiger partial charge in [0.1, 0.15) is 0 Å². The van der Waals surface area contributed by atoms with Gasteiger partial charge in [-0.1, -0.05) is 34.6 Å². The highest BCUT2D eigenvalue weighted by Gasteiger charge is 2.43. The van der Waals surface area contributed by atoms with Gasteiger partial charge in [-0.2, -0.15) is 0 Å². The Morgan fingerprint density at radius 2 is 1.70 bits per heavy atom. The lowest BCUT2D eigenvalue weighted by Gasteiger charge is -2.44. The van der Waals surface area contributed by atoms with Crippen LogP contribution in [0.5, 0.6) is 0 Å². The van der Waals surface area contributed by atoms with E-state index in [2.05, 4.69) is 33.9 Å². The van der Waals surface area contributed by atoms with E-state index in [1.165, 1.54) is 0 Å². The normalized spacial score (nSPS) is 36.1. The van der Waals surface area contributed by atoms with E-state index in [1.807, 2.05) is 13.8 Å². The summed E-state index contributed by atoms with van der Waals surface area (Å²) in [6, 6.07) is 0. The third-order valence-corrected chi connectivity index (χ3v) is 9.55. The minimum absolute atomic E-state index is 0.0147. The van der Waals surface area contributed by atoms with Gasteiger partial charge in [-0.05, 0) is 18.1 Å². The van der Waals surface area contributed by atoms with E-state index in [-0.39, 0.29) is 29.3 Å². The Morgan fingerprint density at radius 1 is 1.15 bits per heavy atom. The van der Waals surface area contributed by atoms with Crippen LogP contribution in [0.25, 0.3) is 0 Å². The topological polar surface area (TPSA) is 47.9 Å². The van der Waals surface area contributed by atoms with E-state index in [1.54, 1.807) is 7.11 Å². The first-order chi connectivity index (χ1) is 9.01. The van der Waals surface area contributed by atoms with Crippen molar-refractivity contribution in [2.24, 2.45) is 11.8 Å². The molecule has 0 aliphatic carbocycles. The zero-order valence-electron chi connectivity index (χ0n) is 14.3. The van der Waals surface area contributed by atoms with Crippen LogP contribution in [0.4, 0.5) is 0 Å². The molecule has 20 heavy (non-hydrogen) atoms. The van der Waals surface area contributed by atoms with E-state index >= 15 is 0 Å². The molecule has 1 saturated heterocycles. The first kappa shape index (κ1) is 18.1. The van der Waals surface area contributed by atoms with Crippen molar-refractivity contribution in [3.8, 4) is 0 Å². The molecule has 1 fully saturated rings. The molecular formula is C15H32O4Si. The molecule has 0 radical (unpaired) electrons. The van der Waals surface area contributed by atoms with E-state index in [9.17, 15) is 5.11 Å². The smallest absolute Gasteiger partial charge is 0.192 e. The standard InChI is InChI=1S/C15H32O4Si/c1-10-12(9-18-20(7,8)15(3,4)5)19-14(17-6)11(2)13(10)16/h10-14,16H,9H2,1-8H3/t10-,11-,12+,13+,14-/m0/s1. The molecule has 0 spiro atoms. The lowest BCUT2D eigenvalue weighted by atomic mass is 9.86. The van der Waals surface area contributed by atoms with Crippen LogP contribution >= 0.6 is 0 Å². The van der Waals surface area contributed by atoms with Crippen LogP contribution in [-0.4, -0.2) is 45.6 Å². The molecule has 0 aromatic carbocycles. The number of aliphatic hydroxyl groups excluding tert-OH is 1. The molecular weight excluding hydrogens is 272 g/mol. The summed E-state index contributed by atoms with van der Waals surface area (Å²) < 4.78 is 17.5. The fourth-order valence-corrected chi connectivity index (χ4v) is 3.26. The third kappa shape index (κ3) is 3.83. The molecule has 0 aromatic rings. The van der Waals surface area contributed by atoms with Crippen LogP contribution < -0.4 is 0 Å². The summed E-state index contributed by atoms with van der Waals surface area (Å²) in [7, 11) is -0.171. The van der Waals surface area contributed by atoms with E-state index in [0.29, 0.717) is 6.61 Å². The highest BCUT2D eigenvalue weighted by molar-refractivity contribution is 6.74. The molecule has 1 N–H and O–H groups in total. The highest BCUT2D eigenvalue weighted by Crippen LogP contribution is 2.38. The van der Waals surface area contributed by atoms with Gasteiger partial charge < -0.3 is 19.0 Å². The summed E-state index contributed by atoms with van der Waals surface area (Å²) in [5, 5.41) is 10.5. The molecule has 1 rings (SSSR count). The van der Waals surface area contributed by atoms with Gasteiger partial charge in [-0.15, -0.1) is 0 Å². The Bertz CT molecular complexity index is 311. The molecule has 120 valence electrons. The quantitative estimate of drug-likeness (QED) is 0.811. The molecule has 1 heterocycles. The number of methoxy groups -OCH3 is 1. The molecule has 0 bridgehead atoms. The van der Waals surface area contributed by atoms with Crippen LogP contribution in [0.1, 0.15) is 34.6 Å². The minimum atomic E-state index is -1.79.